The first-order valence-electron chi connectivity index (χ1n) is 8.11. The van der Waals surface area contributed by atoms with Crippen molar-refractivity contribution in [3.05, 3.63) is 46.9 Å². The third kappa shape index (κ3) is 3.42. The van der Waals surface area contributed by atoms with Gasteiger partial charge in [0.05, 0.1) is 30.1 Å². The highest BCUT2D eigenvalue weighted by Crippen LogP contribution is 2.33. The molecule has 2 heterocycles. The Morgan fingerprint density at radius 1 is 1.27 bits per heavy atom. The predicted octanol–water partition coefficient (Wildman–Crippen LogP) is 4.02. The van der Waals surface area contributed by atoms with Crippen LogP contribution in [0.1, 0.15) is 6.42 Å². The number of aromatic nitrogens is 2. The summed E-state index contributed by atoms with van der Waals surface area (Å²) >= 11 is 3.24. The molecule has 0 spiro atoms. The maximum absolute atomic E-state index is 14.1. The smallest absolute Gasteiger partial charge is 0.147 e. The second-order valence-corrected chi connectivity index (χ2v) is 6.90. The van der Waals surface area contributed by atoms with E-state index in [1.807, 2.05) is 0 Å². The Labute approximate surface area is 157 Å². The van der Waals surface area contributed by atoms with Crippen LogP contribution in [0, 0.1) is 5.82 Å². The third-order valence-electron chi connectivity index (χ3n) is 4.13. The van der Waals surface area contributed by atoms with Gasteiger partial charge in [-0.05, 0) is 24.3 Å². The number of nitrogens with zero attached hydrogens (tertiary/aromatic N) is 2. The predicted molar refractivity (Wildman–Crippen MR) is 101 cm³/mol. The van der Waals surface area contributed by atoms with Crippen LogP contribution < -0.4 is 15.8 Å². The summed E-state index contributed by atoms with van der Waals surface area (Å²) in [5, 5.41) is 3.68. The van der Waals surface area contributed by atoms with Gasteiger partial charge < -0.3 is 20.5 Å². The zero-order valence-corrected chi connectivity index (χ0v) is 15.3. The van der Waals surface area contributed by atoms with Crippen molar-refractivity contribution in [3.8, 4) is 5.75 Å². The van der Waals surface area contributed by atoms with Gasteiger partial charge in [-0.1, -0.05) is 15.9 Å². The molecule has 134 valence electrons. The molecular weight excluding hydrogens is 403 g/mol. The van der Waals surface area contributed by atoms with E-state index in [1.165, 1.54) is 12.4 Å². The average Bonchev–Trinajstić information content (AvgIpc) is 3.12. The Morgan fingerprint density at radius 3 is 2.92 bits per heavy atom. The molecule has 1 aliphatic heterocycles. The number of hydrogen-bond donors (Lipinski definition) is 2. The molecule has 1 saturated heterocycles. The Morgan fingerprint density at radius 2 is 2.15 bits per heavy atom. The SMILES string of the molecule is Nc1cc2c(Nc3ccc(Br)cc3F)ncnc2cc1OC1CCOC1. The summed E-state index contributed by atoms with van der Waals surface area (Å²) in [6.07, 6.45) is 2.24. The topological polar surface area (TPSA) is 82.3 Å². The summed E-state index contributed by atoms with van der Waals surface area (Å²) in [7, 11) is 0. The van der Waals surface area contributed by atoms with Crippen LogP contribution in [-0.4, -0.2) is 29.3 Å². The fourth-order valence-corrected chi connectivity index (χ4v) is 3.14. The van der Waals surface area contributed by atoms with Gasteiger partial charge in [-0.3, -0.25) is 0 Å². The van der Waals surface area contributed by atoms with Crippen molar-refractivity contribution >= 4 is 44.0 Å². The van der Waals surface area contributed by atoms with E-state index in [-0.39, 0.29) is 11.9 Å². The standard InChI is InChI=1S/C18H16BrFN4O2/c19-10-1-2-15(13(20)5-10)24-18-12-6-14(21)17(7-16(12)22-9-23-18)26-11-3-4-25-8-11/h1-2,5-7,9,11H,3-4,8,21H2,(H,22,23,24). The van der Waals surface area contributed by atoms with E-state index in [0.717, 1.165) is 6.42 Å². The van der Waals surface area contributed by atoms with Gasteiger partial charge in [-0.2, -0.15) is 0 Å². The molecule has 3 aromatic rings. The molecule has 1 fully saturated rings. The maximum atomic E-state index is 14.1. The van der Waals surface area contributed by atoms with Gasteiger partial charge in [0, 0.05) is 22.3 Å². The maximum Gasteiger partial charge on any atom is 0.147 e. The molecule has 0 bridgehead atoms. The van der Waals surface area contributed by atoms with Gasteiger partial charge in [-0.25, -0.2) is 14.4 Å². The van der Waals surface area contributed by atoms with Gasteiger partial charge in [0.1, 0.15) is 29.8 Å². The minimum atomic E-state index is -0.389. The Kier molecular flexibility index (Phi) is 4.60. The number of nitrogens with one attached hydrogen (secondary N) is 1. The molecule has 0 aliphatic carbocycles. The number of nitrogen functional groups attached to an aromatic ring is 1. The molecule has 0 saturated carbocycles. The quantitative estimate of drug-likeness (QED) is 0.622. The summed E-state index contributed by atoms with van der Waals surface area (Å²) in [5.41, 5.74) is 7.59. The lowest BCUT2D eigenvalue weighted by Crippen LogP contribution is -2.16. The van der Waals surface area contributed by atoms with Crippen LogP contribution in [0.5, 0.6) is 5.75 Å². The number of ether oxygens (including phenoxy) is 2. The van der Waals surface area contributed by atoms with E-state index in [9.17, 15) is 4.39 Å². The Bertz CT molecular complexity index is 963. The second-order valence-electron chi connectivity index (χ2n) is 5.98. The molecule has 2 aromatic carbocycles. The zero-order chi connectivity index (χ0) is 18.1. The minimum Gasteiger partial charge on any atom is -0.486 e. The number of hydrogen-bond acceptors (Lipinski definition) is 6. The molecule has 1 aliphatic rings. The molecule has 6 nitrogen and oxygen atoms in total. The summed E-state index contributed by atoms with van der Waals surface area (Å²) in [6, 6.07) is 8.27. The fourth-order valence-electron chi connectivity index (χ4n) is 2.81. The number of rotatable bonds is 4. The highest BCUT2D eigenvalue weighted by molar-refractivity contribution is 9.10. The van der Waals surface area contributed by atoms with E-state index >= 15 is 0 Å². The van der Waals surface area contributed by atoms with Crippen LogP contribution in [0.25, 0.3) is 10.9 Å². The summed E-state index contributed by atoms with van der Waals surface area (Å²) in [5.74, 6) is 0.645. The largest absolute Gasteiger partial charge is 0.486 e. The molecule has 0 radical (unpaired) electrons. The molecule has 1 aromatic heterocycles. The van der Waals surface area contributed by atoms with E-state index in [0.29, 0.717) is 51.5 Å². The average molecular weight is 419 g/mol. The number of nitrogens with two attached hydrogens (primary N) is 1. The number of benzene rings is 2. The fraction of sp³-hybridized carbons (Fsp3) is 0.222. The Hall–Kier alpha value is -2.45. The lowest BCUT2D eigenvalue weighted by molar-refractivity contribution is 0.142. The Balaban J connectivity index is 1.68. The van der Waals surface area contributed by atoms with Gasteiger partial charge in [-0.15, -0.1) is 0 Å². The van der Waals surface area contributed by atoms with Crippen LogP contribution in [-0.2, 0) is 4.74 Å². The molecule has 0 amide bonds. The minimum absolute atomic E-state index is 0.00829. The summed E-state index contributed by atoms with van der Waals surface area (Å²) in [4.78, 5) is 8.50. The van der Waals surface area contributed by atoms with Crippen LogP contribution >= 0.6 is 15.9 Å². The van der Waals surface area contributed by atoms with Crippen molar-refractivity contribution in [3.63, 3.8) is 0 Å². The van der Waals surface area contributed by atoms with Crippen molar-refractivity contribution in [1.29, 1.82) is 0 Å². The van der Waals surface area contributed by atoms with Crippen molar-refractivity contribution in [1.82, 2.24) is 9.97 Å². The number of halogens is 2. The summed E-state index contributed by atoms with van der Waals surface area (Å²) in [6.45, 7) is 1.24. The number of fused-ring (bicyclic) bond motifs is 1. The summed E-state index contributed by atoms with van der Waals surface area (Å²) < 4.78 is 26.0. The van der Waals surface area contributed by atoms with Crippen molar-refractivity contribution in [2.45, 2.75) is 12.5 Å². The lowest BCUT2D eigenvalue weighted by atomic mass is 10.2. The van der Waals surface area contributed by atoms with Crippen LogP contribution in [0.4, 0.5) is 21.6 Å². The first-order chi connectivity index (χ1) is 12.6. The van der Waals surface area contributed by atoms with Crippen molar-refractivity contribution in [2.24, 2.45) is 0 Å². The molecule has 4 rings (SSSR count). The zero-order valence-electron chi connectivity index (χ0n) is 13.7. The molecule has 8 heteroatoms. The normalized spacial score (nSPS) is 16.8. The van der Waals surface area contributed by atoms with E-state index < -0.39 is 0 Å². The first-order valence-corrected chi connectivity index (χ1v) is 8.90. The highest BCUT2D eigenvalue weighted by Gasteiger charge is 2.19. The van der Waals surface area contributed by atoms with Gasteiger partial charge in [0.15, 0.2) is 0 Å². The molecule has 1 atom stereocenters. The molecule has 3 N–H and O–H groups in total. The molecule has 1 unspecified atom stereocenters. The second kappa shape index (κ2) is 7.05. The lowest BCUT2D eigenvalue weighted by Gasteiger charge is -2.15. The van der Waals surface area contributed by atoms with Crippen LogP contribution in [0.3, 0.4) is 0 Å². The number of anilines is 3. The monoisotopic (exact) mass is 418 g/mol. The van der Waals surface area contributed by atoms with E-state index in [4.69, 9.17) is 15.2 Å². The van der Waals surface area contributed by atoms with Gasteiger partial charge in [0.2, 0.25) is 0 Å². The van der Waals surface area contributed by atoms with E-state index in [1.54, 1.807) is 24.3 Å². The van der Waals surface area contributed by atoms with Crippen LogP contribution in [0.2, 0.25) is 0 Å². The van der Waals surface area contributed by atoms with Crippen LogP contribution in [0.15, 0.2) is 41.1 Å². The first kappa shape index (κ1) is 17.0. The molecular formula is C18H16BrFN4O2. The van der Waals surface area contributed by atoms with Crippen molar-refractivity contribution in [2.75, 3.05) is 24.3 Å². The van der Waals surface area contributed by atoms with Crippen molar-refractivity contribution < 1.29 is 13.9 Å². The van der Waals surface area contributed by atoms with Gasteiger partial charge in [0.25, 0.3) is 0 Å². The highest BCUT2D eigenvalue weighted by atomic mass is 79.9. The molecule has 26 heavy (non-hydrogen) atoms. The van der Waals surface area contributed by atoms with E-state index in [2.05, 4.69) is 31.2 Å². The third-order valence-corrected chi connectivity index (χ3v) is 4.63. The van der Waals surface area contributed by atoms with Gasteiger partial charge >= 0.3 is 0 Å².